The van der Waals surface area contributed by atoms with Crippen molar-refractivity contribution in [1.29, 1.82) is 0 Å². The zero-order chi connectivity index (χ0) is 38.2. The molecule has 0 saturated carbocycles. The first-order valence-corrected chi connectivity index (χ1v) is 19.6. The fourth-order valence-electron chi connectivity index (χ4n) is 8.89. The van der Waals surface area contributed by atoms with Crippen molar-refractivity contribution in [1.82, 2.24) is 0 Å². The molecule has 4 nitrogen and oxygen atoms in total. The lowest BCUT2D eigenvalue weighted by Gasteiger charge is -2.27. The molecule has 4 heteroatoms. The summed E-state index contributed by atoms with van der Waals surface area (Å²) in [5, 5.41) is 6.56. The molecule has 0 saturated heterocycles. The van der Waals surface area contributed by atoms with Crippen LogP contribution < -0.4 is 4.90 Å². The van der Waals surface area contributed by atoms with E-state index in [1.54, 1.807) is 0 Å². The lowest BCUT2D eigenvalue weighted by atomic mass is 9.92. The Kier molecular flexibility index (Phi) is 7.20. The number of nitrogens with zero attached hydrogens (tertiary/aromatic N) is 1. The highest BCUT2D eigenvalue weighted by Gasteiger charge is 2.24. The second-order valence-electron chi connectivity index (χ2n) is 14.8. The number of para-hydroxylation sites is 6. The highest BCUT2D eigenvalue weighted by atomic mass is 16.3. The number of furan rings is 3. The van der Waals surface area contributed by atoms with E-state index in [9.17, 15) is 0 Å². The molecule has 0 fully saturated rings. The zero-order valence-electron chi connectivity index (χ0n) is 31.2. The summed E-state index contributed by atoms with van der Waals surface area (Å²) in [4.78, 5) is 2.33. The van der Waals surface area contributed by atoms with E-state index in [4.69, 9.17) is 13.3 Å². The van der Waals surface area contributed by atoms with Crippen LogP contribution in [0, 0.1) is 0 Å². The maximum atomic E-state index is 6.91. The summed E-state index contributed by atoms with van der Waals surface area (Å²) in [5.41, 5.74) is 14.7. The maximum absolute atomic E-state index is 6.91. The van der Waals surface area contributed by atoms with Crippen molar-refractivity contribution in [3.8, 4) is 33.4 Å². The van der Waals surface area contributed by atoms with E-state index in [1.807, 2.05) is 30.3 Å². The predicted molar refractivity (Wildman–Crippen MR) is 239 cm³/mol. The number of fused-ring (bicyclic) bond motifs is 9. The van der Waals surface area contributed by atoms with Gasteiger partial charge < -0.3 is 18.2 Å². The molecule has 58 heavy (non-hydrogen) atoms. The maximum Gasteiger partial charge on any atom is 0.145 e. The number of rotatable bonds is 6. The molecule has 0 N–H and O–H groups in total. The minimum absolute atomic E-state index is 0.831. The van der Waals surface area contributed by atoms with Gasteiger partial charge in [0.2, 0.25) is 0 Å². The van der Waals surface area contributed by atoms with Crippen LogP contribution >= 0.6 is 0 Å². The second kappa shape index (κ2) is 12.9. The summed E-state index contributed by atoms with van der Waals surface area (Å²) in [5.74, 6) is 0. The molecule has 0 unspecified atom stereocenters. The number of hydrogen-bond donors (Lipinski definition) is 0. The third-order valence-electron chi connectivity index (χ3n) is 11.5. The van der Waals surface area contributed by atoms with Gasteiger partial charge in [0.15, 0.2) is 0 Å². The Morgan fingerprint density at radius 3 is 1.38 bits per heavy atom. The van der Waals surface area contributed by atoms with Gasteiger partial charge in [0.05, 0.1) is 11.1 Å². The topological polar surface area (TPSA) is 42.7 Å². The lowest BCUT2D eigenvalue weighted by molar-refractivity contribution is 0.669. The van der Waals surface area contributed by atoms with E-state index in [0.29, 0.717) is 0 Å². The van der Waals surface area contributed by atoms with E-state index in [2.05, 4.69) is 175 Å². The third kappa shape index (κ3) is 4.95. The molecular formula is C54H33NO3. The molecule has 0 aliphatic carbocycles. The SMILES string of the molecule is c1ccc(N(c2ccc(-c3cccc4c3oc3ccccc34)cc2)c2ccc(-c3ccccc3-c3cccc4c3oc3ccccc34)c3oc4ccccc4c23)cc1. The number of anilines is 3. The summed E-state index contributed by atoms with van der Waals surface area (Å²) in [6, 6.07) is 70.0. The Morgan fingerprint density at radius 2 is 0.724 bits per heavy atom. The van der Waals surface area contributed by atoms with Crippen LogP contribution in [0.3, 0.4) is 0 Å². The van der Waals surface area contributed by atoms with Gasteiger partial charge in [0.25, 0.3) is 0 Å². The van der Waals surface area contributed by atoms with Crippen LogP contribution in [-0.2, 0) is 0 Å². The molecule has 0 amide bonds. The quantitative estimate of drug-likeness (QED) is 0.170. The highest BCUT2D eigenvalue weighted by molar-refractivity contribution is 6.18. The van der Waals surface area contributed by atoms with E-state index in [0.717, 1.165) is 116 Å². The van der Waals surface area contributed by atoms with Gasteiger partial charge >= 0.3 is 0 Å². The first kappa shape index (κ1) is 32.4. The molecule has 0 spiro atoms. The van der Waals surface area contributed by atoms with E-state index in [1.165, 1.54) is 0 Å². The first-order chi connectivity index (χ1) is 28.8. The zero-order valence-corrected chi connectivity index (χ0v) is 31.2. The smallest absolute Gasteiger partial charge is 0.145 e. The van der Waals surface area contributed by atoms with Crippen molar-refractivity contribution in [3.05, 3.63) is 200 Å². The fraction of sp³-hybridized carbons (Fsp3) is 0. The molecule has 0 bridgehead atoms. The molecule has 0 aliphatic heterocycles. The molecule has 9 aromatic carbocycles. The molecule has 12 rings (SSSR count). The molecular weight excluding hydrogens is 711 g/mol. The molecule has 272 valence electrons. The Balaban J connectivity index is 1.05. The van der Waals surface area contributed by atoms with Crippen LogP contribution in [0.4, 0.5) is 17.1 Å². The Morgan fingerprint density at radius 1 is 0.276 bits per heavy atom. The van der Waals surface area contributed by atoms with Crippen LogP contribution in [0.5, 0.6) is 0 Å². The molecule has 0 atom stereocenters. The Bertz CT molecular complexity index is 3520. The summed E-state index contributed by atoms with van der Waals surface area (Å²) in [6.07, 6.45) is 0. The molecule has 0 radical (unpaired) electrons. The van der Waals surface area contributed by atoms with Gasteiger partial charge in [0.1, 0.15) is 33.5 Å². The van der Waals surface area contributed by atoms with Crippen LogP contribution in [0.25, 0.3) is 99.2 Å². The van der Waals surface area contributed by atoms with E-state index < -0.39 is 0 Å². The molecule has 0 aliphatic rings. The van der Waals surface area contributed by atoms with Gasteiger partial charge in [-0.15, -0.1) is 0 Å². The normalized spacial score (nSPS) is 11.8. The minimum atomic E-state index is 0.831. The summed E-state index contributed by atoms with van der Waals surface area (Å²) < 4.78 is 19.9. The molecule has 3 heterocycles. The third-order valence-corrected chi connectivity index (χ3v) is 11.5. The largest absolute Gasteiger partial charge is 0.455 e. The van der Waals surface area contributed by atoms with Gasteiger partial charge in [-0.3, -0.25) is 0 Å². The average Bonchev–Trinajstić information content (AvgIpc) is 3.99. The van der Waals surface area contributed by atoms with Gasteiger partial charge in [-0.2, -0.15) is 0 Å². The summed E-state index contributed by atoms with van der Waals surface area (Å²) in [6.45, 7) is 0. The minimum Gasteiger partial charge on any atom is -0.455 e. The Hall–Kier alpha value is -7.82. The molecule has 12 aromatic rings. The summed E-state index contributed by atoms with van der Waals surface area (Å²) in [7, 11) is 0. The van der Waals surface area contributed by atoms with Crippen LogP contribution in [-0.4, -0.2) is 0 Å². The lowest BCUT2D eigenvalue weighted by Crippen LogP contribution is -2.10. The Labute approximate surface area is 333 Å². The second-order valence-corrected chi connectivity index (χ2v) is 14.8. The highest BCUT2D eigenvalue weighted by Crippen LogP contribution is 2.48. The fourth-order valence-corrected chi connectivity index (χ4v) is 8.89. The monoisotopic (exact) mass is 743 g/mol. The van der Waals surface area contributed by atoms with Gasteiger partial charge in [-0.05, 0) is 71.3 Å². The average molecular weight is 744 g/mol. The van der Waals surface area contributed by atoms with Gasteiger partial charge in [-0.1, -0.05) is 146 Å². The first-order valence-electron chi connectivity index (χ1n) is 19.6. The number of benzene rings is 9. The van der Waals surface area contributed by atoms with Crippen LogP contribution in [0.2, 0.25) is 0 Å². The van der Waals surface area contributed by atoms with Crippen molar-refractivity contribution < 1.29 is 13.3 Å². The number of hydrogen-bond acceptors (Lipinski definition) is 4. The van der Waals surface area contributed by atoms with Crippen molar-refractivity contribution in [2.24, 2.45) is 0 Å². The van der Waals surface area contributed by atoms with Crippen molar-refractivity contribution >= 4 is 82.9 Å². The standard InChI is InChI=1S/C54H33NO3/c1-2-14-35(15-3-1)55(36-30-28-34(29-31-36)37-21-12-23-43-40-18-6-9-25-48(40)56-52(37)43)47-33-32-45(54-51(47)46-20-8-11-27-50(46)58-54)39-17-5-4-16-38(39)42-22-13-24-44-41-19-7-10-26-49(41)57-53(42)44/h1-33H. The van der Waals surface area contributed by atoms with E-state index in [-0.39, 0.29) is 0 Å². The van der Waals surface area contributed by atoms with Gasteiger partial charge in [-0.25, -0.2) is 0 Å². The van der Waals surface area contributed by atoms with Crippen LogP contribution in [0.15, 0.2) is 213 Å². The van der Waals surface area contributed by atoms with Crippen molar-refractivity contribution in [2.45, 2.75) is 0 Å². The van der Waals surface area contributed by atoms with Crippen molar-refractivity contribution in [2.75, 3.05) is 4.90 Å². The van der Waals surface area contributed by atoms with Crippen molar-refractivity contribution in [3.63, 3.8) is 0 Å². The van der Waals surface area contributed by atoms with Gasteiger partial charge in [0, 0.05) is 55.0 Å². The summed E-state index contributed by atoms with van der Waals surface area (Å²) >= 11 is 0. The van der Waals surface area contributed by atoms with Crippen LogP contribution in [0.1, 0.15) is 0 Å². The van der Waals surface area contributed by atoms with E-state index >= 15 is 0 Å². The molecule has 3 aromatic heterocycles. The predicted octanol–water partition coefficient (Wildman–Crippen LogP) is 15.9.